The maximum absolute atomic E-state index is 13.4. The summed E-state index contributed by atoms with van der Waals surface area (Å²) in [6.45, 7) is 1.47. The number of amides is 1. The van der Waals surface area contributed by atoms with E-state index < -0.39 is 0 Å². The number of anilines is 2. The molecule has 4 aromatic rings. The molecule has 1 N–H and O–H groups in total. The molecule has 1 aliphatic heterocycles. The fraction of sp³-hybridized carbons (Fsp3) is 0.212. The number of rotatable bonds is 8. The lowest BCUT2D eigenvalue weighted by molar-refractivity contribution is -0.118. The second kappa shape index (κ2) is 11.6. The molecule has 0 bridgehead atoms. The second-order valence-electron chi connectivity index (χ2n) is 9.53. The molecule has 0 aromatic heterocycles. The van der Waals surface area contributed by atoms with Crippen molar-refractivity contribution in [3.05, 3.63) is 131 Å². The molecule has 0 saturated carbocycles. The summed E-state index contributed by atoms with van der Waals surface area (Å²) in [5.41, 5.74) is 7.51. The number of fused-ring (bicyclic) bond motifs is 1. The Balaban J connectivity index is 1.35. The molecule has 37 heavy (non-hydrogen) atoms. The van der Waals surface area contributed by atoms with Crippen molar-refractivity contribution in [3.63, 3.8) is 0 Å². The number of carbonyl (C=O) groups excluding carboxylic acids is 1. The molecule has 1 heterocycles. The fourth-order valence-electron chi connectivity index (χ4n) is 5.19. The molecule has 4 aromatic carbocycles. The van der Waals surface area contributed by atoms with Crippen LogP contribution in [0.15, 0.2) is 103 Å². The van der Waals surface area contributed by atoms with Gasteiger partial charge in [-0.1, -0.05) is 84.9 Å². The van der Waals surface area contributed by atoms with E-state index in [0.29, 0.717) is 18.4 Å². The van der Waals surface area contributed by atoms with Crippen LogP contribution in [0, 0.1) is 11.3 Å². The number of nitrogens with zero attached hydrogens (tertiary/aromatic N) is 2. The third kappa shape index (κ3) is 5.73. The van der Waals surface area contributed by atoms with E-state index in [-0.39, 0.29) is 11.8 Å². The van der Waals surface area contributed by atoms with E-state index in [9.17, 15) is 4.79 Å². The number of nitriles is 1. The Morgan fingerprint density at radius 2 is 1.54 bits per heavy atom. The summed E-state index contributed by atoms with van der Waals surface area (Å²) in [6, 6.07) is 37.1. The quantitative estimate of drug-likeness (QED) is 0.302. The molecule has 0 aliphatic carbocycles. The normalized spacial score (nSPS) is 12.6. The van der Waals surface area contributed by atoms with Gasteiger partial charge in [0, 0.05) is 25.4 Å². The summed E-state index contributed by atoms with van der Waals surface area (Å²) in [4.78, 5) is 15.4. The first-order valence-corrected chi connectivity index (χ1v) is 13.0. The zero-order chi connectivity index (χ0) is 25.5. The topological polar surface area (TPSA) is 56.1 Å². The van der Waals surface area contributed by atoms with Crippen LogP contribution in [-0.4, -0.2) is 19.0 Å². The summed E-state index contributed by atoms with van der Waals surface area (Å²) < 4.78 is 0. The molecule has 184 valence electrons. The van der Waals surface area contributed by atoms with Gasteiger partial charge >= 0.3 is 0 Å². The van der Waals surface area contributed by atoms with Crippen LogP contribution in [0.1, 0.15) is 46.6 Å². The van der Waals surface area contributed by atoms with E-state index in [4.69, 9.17) is 5.26 Å². The summed E-state index contributed by atoms with van der Waals surface area (Å²) in [7, 11) is 0. The molecular weight excluding hydrogens is 454 g/mol. The van der Waals surface area contributed by atoms with Crippen molar-refractivity contribution in [2.75, 3.05) is 23.3 Å². The molecule has 0 spiro atoms. The van der Waals surface area contributed by atoms with Gasteiger partial charge in [-0.25, -0.2) is 0 Å². The summed E-state index contributed by atoms with van der Waals surface area (Å²) in [5.74, 6) is 0.338. The minimum Gasteiger partial charge on any atom is -0.382 e. The Morgan fingerprint density at radius 3 is 2.19 bits per heavy atom. The number of hydrogen-bond acceptors (Lipinski definition) is 3. The second-order valence-corrected chi connectivity index (χ2v) is 9.53. The summed E-state index contributed by atoms with van der Waals surface area (Å²) in [6.07, 6.45) is 3.05. The minimum atomic E-state index is 0.141. The Kier molecular flexibility index (Phi) is 7.62. The Labute approximate surface area is 219 Å². The Morgan fingerprint density at radius 1 is 0.865 bits per heavy atom. The fourth-order valence-corrected chi connectivity index (χ4v) is 5.19. The standard InChI is InChI=1S/C33H31N3O/c34-23-26-18-16-25(17-19-26)20-21-32(37)36-22-8-14-29-13-7-15-31(33(29)36)35-24-30(27-9-3-1-4-10-27)28-11-5-2-6-12-28/h1-7,9-13,15-19,30,35H,8,14,20-22,24H2. The average Bonchev–Trinajstić information content (AvgIpc) is 2.97. The van der Waals surface area contributed by atoms with Gasteiger partial charge in [-0.15, -0.1) is 0 Å². The van der Waals surface area contributed by atoms with Crippen molar-refractivity contribution in [3.8, 4) is 6.07 Å². The van der Waals surface area contributed by atoms with Crippen LogP contribution in [-0.2, 0) is 17.6 Å². The van der Waals surface area contributed by atoms with E-state index in [1.807, 2.05) is 41.3 Å². The summed E-state index contributed by atoms with van der Waals surface area (Å²) >= 11 is 0. The lowest BCUT2D eigenvalue weighted by Crippen LogP contribution is -2.36. The molecule has 0 atom stereocenters. The molecule has 1 aliphatic rings. The Hall–Kier alpha value is -4.36. The van der Waals surface area contributed by atoms with E-state index in [1.165, 1.54) is 16.7 Å². The minimum absolute atomic E-state index is 0.141. The van der Waals surface area contributed by atoms with Gasteiger partial charge in [0.15, 0.2) is 0 Å². The number of carbonyl (C=O) groups is 1. The monoisotopic (exact) mass is 485 g/mol. The first-order chi connectivity index (χ1) is 18.2. The van der Waals surface area contributed by atoms with Crippen molar-refractivity contribution in [2.45, 2.75) is 31.6 Å². The van der Waals surface area contributed by atoms with Crippen molar-refractivity contribution in [1.29, 1.82) is 5.26 Å². The van der Waals surface area contributed by atoms with Gasteiger partial charge in [0.2, 0.25) is 5.91 Å². The van der Waals surface area contributed by atoms with Crippen LogP contribution in [0.4, 0.5) is 11.4 Å². The molecule has 0 radical (unpaired) electrons. The first-order valence-electron chi connectivity index (χ1n) is 13.0. The van der Waals surface area contributed by atoms with E-state index in [0.717, 1.165) is 42.9 Å². The number of benzene rings is 4. The van der Waals surface area contributed by atoms with Gasteiger partial charge in [-0.05, 0) is 59.7 Å². The van der Waals surface area contributed by atoms with Gasteiger partial charge in [0.05, 0.1) is 23.0 Å². The van der Waals surface area contributed by atoms with E-state index >= 15 is 0 Å². The molecule has 0 unspecified atom stereocenters. The van der Waals surface area contributed by atoms with E-state index in [1.54, 1.807) is 0 Å². The summed E-state index contributed by atoms with van der Waals surface area (Å²) in [5, 5.41) is 12.7. The van der Waals surface area contributed by atoms with Crippen LogP contribution in [0.5, 0.6) is 0 Å². The molecule has 4 nitrogen and oxygen atoms in total. The zero-order valence-corrected chi connectivity index (χ0v) is 20.9. The van der Waals surface area contributed by atoms with Gasteiger partial charge in [-0.3, -0.25) is 4.79 Å². The highest BCUT2D eigenvalue weighted by atomic mass is 16.2. The molecule has 4 heteroatoms. The van der Waals surface area contributed by atoms with Crippen LogP contribution in [0.2, 0.25) is 0 Å². The highest BCUT2D eigenvalue weighted by Crippen LogP contribution is 2.36. The number of para-hydroxylation sites is 1. The maximum Gasteiger partial charge on any atom is 0.227 e. The van der Waals surface area contributed by atoms with Crippen LogP contribution in [0.3, 0.4) is 0 Å². The third-order valence-corrected chi connectivity index (χ3v) is 7.13. The smallest absolute Gasteiger partial charge is 0.227 e. The Bertz CT molecular complexity index is 1340. The van der Waals surface area contributed by atoms with Crippen LogP contribution < -0.4 is 10.2 Å². The lowest BCUT2D eigenvalue weighted by Gasteiger charge is -2.32. The van der Waals surface area contributed by atoms with Gasteiger partial charge in [-0.2, -0.15) is 5.26 Å². The number of aryl methyl sites for hydroxylation is 2. The molecular formula is C33H31N3O. The molecule has 5 rings (SSSR count). The van der Waals surface area contributed by atoms with Crippen molar-refractivity contribution in [1.82, 2.24) is 0 Å². The zero-order valence-electron chi connectivity index (χ0n) is 20.9. The lowest BCUT2D eigenvalue weighted by atomic mass is 9.91. The van der Waals surface area contributed by atoms with Gasteiger partial charge < -0.3 is 10.2 Å². The SMILES string of the molecule is N#Cc1ccc(CCC(=O)N2CCCc3cccc(NCC(c4ccccc4)c4ccccc4)c32)cc1. The predicted octanol–water partition coefficient (Wildman–Crippen LogP) is 6.71. The van der Waals surface area contributed by atoms with Crippen molar-refractivity contribution in [2.24, 2.45) is 0 Å². The van der Waals surface area contributed by atoms with Crippen LogP contribution >= 0.6 is 0 Å². The van der Waals surface area contributed by atoms with Gasteiger partial charge in [0.25, 0.3) is 0 Å². The molecule has 0 saturated heterocycles. The highest BCUT2D eigenvalue weighted by molar-refractivity contribution is 5.98. The molecule has 1 amide bonds. The number of nitrogens with one attached hydrogen (secondary N) is 1. The van der Waals surface area contributed by atoms with Crippen LogP contribution in [0.25, 0.3) is 0 Å². The third-order valence-electron chi connectivity index (χ3n) is 7.13. The van der Waals surface area contributed by atoms with Gasteiger partial charge in [0.1, 0.15) is 0 Å². The molecule has 0 fully saturated rings. The van der Waals surface area contributed by atoms with Crippen molar-refractivity contribution < 1.29 is 4.79 Å². The van der Waals surface area contributed by atoms with E-state index in [2.05, 4.69) is 78.1 Å². The first kappa shape index (κ1) is 24.3. The average molecular weight is 486 g/mol. The van der Waals surface area contributed by atoms with Crippen molar-refractivity contribution >= 4 is 17.3 Å². The maximum atomic E-state index is 13.4. The number of hydrogen-bond donors (Lipinski definition) is 1. The predicted molar refractivity (Wildman–Crippen MR) is 150 cm³/mol. The largest absolute Gasteiger partial charge is 0.382 e. The highest BCUT2D eigenvalue weighted by Gasteiger charge is 2.25.